The molecular formula is C16H20N2O2. The zero-order chi connectivity index (χ0) is 14.5. The van der Waals surface area contributed by atoms with Gasteiger partial charge in [-0.3, -0.25) is 4.79 Å². The normalized spacial score (nSPS) is 22.4. The topological polar surface area (TPSA) is 64.3 Å². The minimum atomic E-state index is -0.632. The number of nitriles is 1. The molecular weight excluding hydrogens is 252 g/mol. The van der Waals surface area contributed by atoms with Gasteiger partial charge >= 0.3 is 0 Å². The second kappa shape index (κ2) is 6.53. The van der Waals surface area contributed by atoms with E-state index in [2.05, 4.69) is 6.07 Å². The largest absolute Gasteiger partial charge is 0.393 e. The molecule has 0 radical (unpaired) electrons. The molecule has 1 aromatic rings. The van der Waals surface area contributed by atoms with Gasteiger partial charge in [0, 0.05) is 13.6 Å². The van der Waals surface area contributed by atoms with E-state index in [0.29, 0.717) is 18.9 Å². The van der Waals surface area contributed by atoms with E-state index in [9.17, 15) is 15.2 Å². The molecule has 1 aliphatic rings. The molecule has 1 unspecified atom stereocenters. The van der Waals surface area contributed by atoms with Crippen LogP contribution in [-0.2, 0) is 11.2 Å². The van der Waals surface area contributed by atoms with Crippen LogP contribution in [0.4, 0.5) is 0 Å². The first kappa shape index (κ1) is 14.5. The van der Waals surface area contributed by atoms with Crippen molar-refractivity contribution in [2.24, 2.45) is 11.8 Å². The molecule has 0 aromatic heterocycles. The van der Waals surface area contributed by atoms with Gasteiger partial charge in [0.1, 0.15) is 5.92 Å². The van der Waals surface area contributed by atoms with Gasteiger partial charge in [0.05, 0.1) is 12.2 Å². The van der Waals surface area contributed by atoms with E-state index < -0.39 is 5.92 Å². The summed E-state index contributed by atoms with van der Waals surface area (Å²) in [4.78, 5) is 13.9. The summed E-state index contributed by atoms with van der Waals surface area (Å²) in [6, 6.07) is 11.7. The van der Waals surface area contributed by atoms with Crippen molar-refractivity contribution in [2.75, 3.05) is 13.6 Å². The number of hydrogen-bond acceptors (Lipinski definition) is 3. The highest BCUT2D eigenvalue weighted by molar-refractivity contribution is 5.81. The van der Waals surface area contributed by atoms with Gasteiger partial charge in [-0.25, -0.2) is 0 Å². The minimum absolute atomic E-state index is 0.127. The van der Waals surface area contributed by atoms with Crippen LogP contribution in [0.25, 0.3) is 0 Å². The molecule has 1 amide bonds. The van der Waals surface area contributed by atoms with Gasteiger partial charge in [-0.1, -0.05) is 30.3 Å². The number of aliphatic hydroxyl groups is 1. The van der Waals surface area contributed by atoms with Crippen LogP contribution in [0.5, 0.6) is 0 Å². The van der Waals surface area contributed by atoms with Crippen LogP contribution in [0.2, 0.25) is 0 Å². The molecule has 4 heteroatoms. The van der Waals surface area contributed by atoms with Gasteiger partial charge in [0.15, 0.2) is 0 Å². The van der Waals surface area contributed by atoms with Crippen LogP contribution >= 0.6 is 0 Å². The zero-order valence-electron chi connectivity index (χ0n) is 11.7. The number of rotatable bonds is 5. The highest BCUT2D eigenvalue weighted by Gasteiger charge is 2.30. The lowest BCUT2D eigenvalue weighted by molar-refractivity contribution is -0.134. The van der Waals surface area contributed by atoms with Crippen LogP contribution in [0.1, 0.15) is 18.4 Å². The lowest BCUT2D eigenvalue weighted by Crippen LogP contribution is -2.41. The van der Waals surface area contributed by atoms with Gasteiger partial charge in [-0.2, -0.15) is 5.26 Å². The smallest absolute Gasteiger partial charge is 0.240 e. The summed E-state index contributed by atoms with van der Waals surface area (Å²) < 4.78 is 0. The van der Waals surface area contributed by atoms with Crippen LogP contribution in [0, 0.1) is 23.2 Å². The van der Waals surface area contributed by atoms with Crippen molar-refractivity contribution in [3.05, 3.63) is 35.9 Å². The fourth-order valence-electron chi connectivity index (χ4n) is 2.63. The number of benzene rings is 1. The van der Waals surface area contributed by atoms with E-state index >= 15 is 0 Å². The third-order valence-corrected chi connectivity index (χ3v) is 3.86. The Morgan fingerprint density at radius 3 is 2.65 bits per heavy atom. The molecule has 0 spiro atoms. The van der Waals surface area contributed by atoms with Gasteiger partial charge in [0.2, 0.25) is 5.91 Å². The summed E-state index contributed by atoms with van der Waals surface area (Å²) >= 11 is 0. The van der Waals surface area contributed by atoms with Crippen molar-refractivity contribution in [1.82, 2.24) is 4.90 Å². The Hall–Kier alpha value is -1.86. The van der Waals surface area contributed by atoms with Crippen LogP contribution in [-0.4, -0.2) is 35.6 Å². The van der Waals surface area contributed by atoms with Crippen molar-refractivity contribution < 1.29 is 9.90 Å². The van der Waals surface area contributed by atoms with E-state index in [1.165, 1.54) is 0 Å². The zero-order valence-corrected chi connectivity index (χ0v) is 11.7. The lowest BCUT2D eigenvalue weighted by Gasteiger charge is -2.34. The molecule has 1 saturated carbocycles. The van der Waals surface area contributed by atoms with Gasteiger partial charge < -0.3 is 10.0 Å². The van der Waals surface area contributed by atoms with E-state index in [1.54, 1.807) is 11.9 Å². The predicted molar refractivity (Wildman–Crippen MR) is 75.6 cm³/mol. The summed E-state index contributed by atoms with van der Waals surface area (Å²) in [5.41, 5.74) is 1.000. The molecule has 4 nitrogen and oxygen atoms in total. The van der Waals surface area contributed by atoms with E-state index in [0.717, 1.165) is 18.4 Å². The monoisotopic (exact) mass is 272 g/mol. The molecule has 1 fully saturated rings. The van der Waals surface area contributed by atoms with Crippen LogP contribution in [0.3, 0.4) is 0 Å². The Morgan fingerprint density at radius 1 is 1.45 bits per heavy atom. The quantitative estimate of drug-likeness (QED) is 0.885. The summed E-state index contributed by atoms with van der Waals surface area (Å²) in [5.74, 6) is -0.389. The van der Waals surface area contributed by atoms with Gasteiger partial charge in [-0.15, -0.1) is 0 Å². The Bertz CT molecular complexity index is 489. The first-order chi connectivity index (χ1) is 9.60. The van der Waals surface area contributed by atoms with E-state index in [4.69, 9.17) is 0 Å². The molecule has 1 aromatic carbocycles. The molecule has 2 rings (SSSR count). The van der Waals surface area contributed by atoms with Crippen LogP contribution < -0.4 is 0 Å². The third kappa shape index (κ3) is 3.58. The van der Waals surface area contributed by atoms with Crippen molar-refractivity contribution in [1.29, 1.82) is 5.26 Å². The fourth-order valence-corrected chi connectivity index (χ4v) is 2.63. The Labute approximate surface area is 119 Å². The van der Waals surface area contributed by atoms with Crippen molar-refractivity contribution in [3.63, 3.8) is 0 Å². The van der Waals surface area contributed by atoms with Crippen molar-refractivity contribution in [2.45, 2.75) is 25.4 Å². The molecule has 106 valence electrons. The SMILES string of the molecule is CN(CC1CC(O)C1)C(=O)C(C#N)Cc1ccccc1. The maximum Gasteiger partial charge on any atom is 0.240 e. The fraction of sp³-hybridized carbons (Fsp3) is 0.500. The Kier molecular flexibility index (Phi) is 4.75. The molecule has 1 N–H and O–H groups in total. The van der Waals surface area contributed by atoms with Crippen molar-refractivity contribution >= 4 is 5.91 Å². The van der Waals surface area contributed by atoms with Crippen LogP contribution in [0.15, 0.2) is 30.3 Å². The highest BCUT2D eigenvalue weighted by Crippen LogP contribution is 2.28. The number of amides is 1. The molecule has 0 aliphatic heterocycles. The first-order valence-corrected chi connectivity index (χ1v) is 6.96. The number of carbonyl (C=O) groups excluding carboxylic acids is 1. The summed E-state index contributed by atoms with van der Waals surface area (Å²) in [7, 11) is 1.74. The average molecular weight is 272 g/mol. The minimum Gasteiger partial charge on any atom is -0.393 e. The standard InChI is InChI=1S/C16H20N2O2/c1-18(11-13-8-15(19)9-13)16(20)14(10-17)7-12-5-3-2-4-6-12/h2-6,13-15,19H,7-9,11H2,1H3. The lowest BCUT2D eigenvalue weighted by atomic mass is 9.82. The first-order valence-electron chi connectivity index (χ1n) is 6.96. The van der Waals surface area contributed by atoms with E-state index in [1.807, 2.05) is 30.3 Å². The summed E-state index contributed by atoms with van der Waals surface area (Å²) in [5, 5.41) is 18.5. The van der Waals surface area contributed by atoms with Crippen molar-refractivity contribution in [3.8, 4) is 6.07 Å². The van der Waals surface area contributed by atoms with Gasteiger partial charge in [0.25, 0.3) is 0 Å². The molecule has 20 heavy (non-hydrogen) atoms. The Morgan fingerprint density at radius 2 is 2.10 bits per heavy atom. The second-order valence-electron chi connectivity index (χ2n) is 5.58. The molecule has 1 aliphatic carbocycles. The summed E-state index contributed by atoms with van der Waals surface area (Å²) in [6.07, 6.45) is 1.76. The molecule has 0 saturated heterocycles. The van der Waals surface area contributed by atoms with E-state index in [-0.39, 0.29) is 12.0 Å². The summed E-state index contributed by atoms with van der Waals surface area (Å²) in [6.45, 7) is 0.628. The number of nitrogens with zero attached hydrogens (tertiary/aromatic N) is 2. The maximum atomic E-state index is 12.3. The third-order valence-electron chi connectivity index (χ3n) is 3.86. The second-order valence-corrected chi connectivity index (χ2v) is 5.58. The molecule has 0 bridgehead atoms. The highest BCUT2D eigenvalue weighted by atomic mass is 16.3. The molecule has 1 atom stereocenters. The average Bonchev–Trinajstić information content (AvgIpc) is 2.43. The number of aliphatic hydroxyl groups excluding tert-OH is 1. The molecule has 0 heterocycles. The predicted octanol–water partition coefficient (Wildman–Crippen LogP) is 1.60. The van der Waals surface area contributed by atoms with Gasteiger partial charge in [-0.05, 0) is 30.7 Å². The Balaban J connectivity index is 1.90. The number of carbonyl (C=O) groups is 1. The number of hydrogen-bond donors (Lipinski definition) is 1. The maximum absolute atomic E-state index is 12.3.